The van der Waals surface area contributed by atoms with Crippen LogP contribution in [0.25, 0.3) is 0 Å². The van der Waals surface area contributed by atoms with Gasteiger partial charge in [-0.2, -0.15) is 4.31 Å². The van der Waals surface area contributed by atoms with E-state index in [4.69, 9.17) is 16.7 Å². The Bertz CT molecular complexity index is 475. The summed E-state index contributed by atoms with van der Waals surface area (Å²) in [5, 5.41) is 9.29. The monoisotopic (exact) mass is 277 g/mol. The minimum Gasteiger partial charge on any atom is -0.395 e. The molecular weight excluding hydrogens is 262 g/mol. The lowest BCUT2D eigenvalue weighted by molar-refractivity contribution is 0.313. The van der Waals surface area contributed by atoms with Crippen LogP contribution >= 0.6 is 11.6 Å². The molecule has 0 bridgehead atoms. The van der Waals surface area contributed by atoms with E-state index in [1.54, 1.807) is 25.1 Å². The van der Waals surface area contributed by atoms with Crippen molar-refractivity contribution in [1.29, 1.82) is 0 Å². The van der Waals surface area contributed by atoms with E-state index >= 15 is 0 Å². The van der Waals surface area contributed by atoms with E-state index < -0.39 is 10.0 Å². The third-order valence-electron chi connectivity index (χ3n) is 2.66. The number of rotatable bonds is 5. The van der Waals surface area contributed by atoms with Crippen LogP contribution in [-0.4, -0.2) is 37.2 Å². The summed E-state index contributed by atoms with van der Waals surface area (Å²) in [4.78, 5) is 0. The largest absolute Gasteiger partial charge is 0.395 e. The molecule has 0 aliphatic rings. The Morgan fingerprint density at radius 1 is 1.47 bits per heavy atom. The highest BCUT2D eigenvalue weighted by Gasteiger charge is 2.23. The first-order valence-electron chi connectivity index (χ1n) is 5.20. The zero-order valence-electron chi connectivity index (χ0n) is 9.80. The smallest absolute Gasteiger partial charge is 0.216 e. The third-order valence-corrected chi connectivity index (χ3v) is 4.79. The molecule has 1 N–H and O–H groups in total. The number of sulfonamides is 1. The van der Waals surface area contributed by atoms with E-state index in [-0.39, 0.29) is 18.4 Å². The first-order chi connectivity index (χ1) is 7.88. The summed E-state index contributed by atoms with van der Waals surface area (Å²) >= 11 is 5.86. The van der Waals surface area contributed by atoms with Crippen molar-refractivity contribution in [1.82, 2.24) is 4.31 Å². The molecule has 0 saturated carbocycles. The number of nitrogens with zero attached hydrogens (tertiary/aromatic N) is 1. The number of halogens is 1. The number of hydrogen-bond donors (Lipinski definition) is 1. The maximum atomic E-state index is 11.8. The molecule has 0 aliphatic heterocycles. The molecule has 0 spiro atoms. The van der Waals surface area contributed by atoms with Crippen molar-refractivity contribution in [2.75, 3.05) is 19.4 Å². The summed E-state index contributed by atoms with van der Waals surface area (Å²) in [5.74, 6) is -0.269. The second kappa shape index (κ2) is 5.82. The zero-order chi connectivity index (χ0) is 13.1. The highest BCUT2D eigenvalue weighted by atomic mass is 35.5. The van der Waals surface area contributed by atoms with Crippen molar-refractivity contribution < 1.29 is 13.5 Å². The molecular formula is C11H16ClNO3S. The Balaban J connectivity index is 2.94. The van der Waals surface area contributed by atoms with Crippen LogP contribution in [0.3, 0.4) is 0 Å². The van der Waals surface area contributed by atoms with Crippen molar-refractivity contribution in [3.05, 3.63) is 34.9 Å². The van der Waals surface area contributed by atoms with Gasteiger partial charge in [0.2, 0.25) is 10.0 Å². The Morgan fingerprint density at radius 3 is 2.65 bits per heavy atom. The Hall–Kier alpha value is -0.620. The van der Waals surface area contributed by atoms with Gasteiger partial charge in [-0.15, -0.1) is 0 Å². The van der Waals surface area contributed by atoms with Crippen LogP contribution in [0.2, 0.25) is 5.02 Å². The molecule has 96 valence electrons. The predicted octanol–water partition coefficient (Wildman–Crippen LogP) is 1.65. The molecule has 1 atom stereocenters. The Morgan fingerprint density at radius 2 is 2.12 bits per heavy atom. The lowest BCUT2D eigenvalue weighted by Crippen LogP contribution is -2.32. The topological polar surface area (TPSA) is 57.6 Å². The highest BCUT2D eigenvalue weighted by molar-refractivity contribution is 7.89. The number of benzene rings is 1. The van der Waals surface area contributed by atoms with E-state index in [1.165, 1.54) is 11.4 Å². The van der Waals surface area contributed by atoms with Crippen LogP contribution in [0.15, 0.2) is 24.3 Å². The second-order valence-corrected chi connectivity index (χ2v) is 6.37. The van der Waals surface area contributed by atoms with Gasteiger partial charge in [-0.05, 0) is 24.6 Å². The summed E-state index contributed by atoms with van der Waals surface area (Å²) in [5.41, 5.74) is 0.821. The molecule has 0 heterocycles. The molecule has 1 rings (SSSR count). The average Bonchev–Trinajstić information content (AvgIpc) is 2.27. The number of hydrogen-bond acceptors (Lipinski definition) is 3. The molecule has 0 amide bonds. The van der Waals surface area contributed by atoms with Crippen LogP contribution < -0.4 is 0 Å². The number of aliphatic hydroxyl groups is 1. The molecule has 4 nitrogen and oxygen atoms in total. The SMILES string of the molecule is CC(c1cccc(Cl)c1)N(C)S(=O)(=O)CCO. The van der Waals surface area contributed by atoms with Crippen molar-refractivity contribution in [2.45, 2.75) is 13.0 Å². The van der Waals surface area contributed by atoms with Gasteiger partial charge >= 0.3 is 0 Å². The normalized spacial score (nSPS) is 13.9. The van der Waals surface area contributed by atoms with E-state index in [1.807, 2.05) is 6.07 Å². The average molecular weight is 278 g/mol. The van der Waals surface area contributed by atoms with E-state index in [0.717, 1.165) is 5.56 Å². The second-order valence-electron chi connectivity index (χ2n) is 3.79. The van der Waals surface area contributed by atoms with Crippen LogP contribution in [0.5, 0.6) is 0 Å². The molecule has 17 heavy (non-hydrogen) atoms. The van der Waals surface area contributed by atoms with Gasteiger partial charge in [-0.1, -0.05) is 23.7 Å². The van der Waals surface area contributed by atoms with Crippen LogP contribution in [0, 0.1) is 0 Å². The van der Waals surface area contributed by atoms with E-state index in [9.17, 15) is 8.42 Å². The van der Waals surface area contributed by atoms with Crippen molar-refractivity contribution in [3.63, 3.8) is 0 Å². The number of aliphatic hydroxyl groups excluding tert-OH is 1. The van der Waals surface area contributed by atoms with Gasteiger partial charge in [0.1, 0.15) is 0 Å². The molecule has 0 fully saturated rings. The predicted molar refractivity (Wildman–Crippen MR) is 68.5 cm³/mol. The van der Waals surface area contributed by atoms with Crippen LogP contribution in [0.1, 0.15) is 18.5 Å². The quantitative estimate of drug-likeness (QED) is 0.890. The summed E-state index contributed by atoms with van der Waals surface area (Å²) in [6.07, 6.45) is 0. The Labute approximate surface area is 107 Å². The van der Waals surface area contributed by atoms with Gasteiger partial charge in [-0.3, -0.25) is 0 Å². The first-order valence-corrected chi connectivity index (χ1v) is 7.19. The lowest BCUT2D eigenvalue weighted by atomic mass is 10.1. The first kappa shape index (κ1) is 14.4. The van der Waals surface area contributed by atoms with Gasteiger partial charge < -0.3 is 5.11 Å². The van der Waals surface area contributed by atoms with Crippen molar-refractivity contribution in [2.24, 2.45) is 0 Å². The summed E-state index contributed by atoms with van der Waals surface area (Å²) in [6.45, 7) is 1.40. The standard InChI is InChI=1S/C11H16ClNO3S/c1-9(10-4-3-5-11(12)8-10)13(2)17(15,16)7-6-14/h3-5,8-9,14H,6-7H2,1-2H3. The molecule has 0 aromatic heterocycles. The van der Waals surface area contributed by atoms with E-state index in [0.29, 0.717) is 5.02 Å². The molecule has 1 unspecified atom stereocenters. The summed E-state index contributed by atoms with van der Waals surface area (Å²) < 4.78 is 24.8. The van der Waals surface area contributed by atoms with Crippen molar-refractivity contribution >= 4 is 21.6 Å². The van der Waals surface area contributed by atoms with Gasteiger partial charge in [0.05, 0.1) is 12.4 Å². The van der Waals surface area contributed by atoms with Crippen LogP contribution in [-0.2, 0) is 10.0 Å². The summed E-state index contributed by atoms with van der Waals surface area (Å²) in [7, 11) is -1.93. The molecule has 0 aliphatic carbocycles. The minimum atomic E-state index is -3.43. The maximum absolute atomic E-state index is 11.8. The maximum Gasteiger partial charge on any atom is 0.216 e. The third kappa shape index (κ3) is 3.67. The molecule has 6 heteroatoms. The van der Waals surface area contributed by atoms with Crippen molar-refractivity contribution in [3.8, 4) is 0 Å². The van der Waals surface area contributed by atoms with Gasteiger partial charge in [0.15, 0.2) is 0 Å². The van der Waals surface area contributed by atoms with Gasteiger partial charge in [0, 0.05) is 18.1 Å². The fourth-order valence-corrected chi connectivity index (χ4v) is 2.80. The minimum absolute atomic E-state index is 0.269. The fraction of sp³-hybridized carbons (Fsp3) is 0.455. The van der Waals surface area contributed by atoms with Gasteiger partial charge in [-0.25, -0.2) is 8.42 Å². The van der Waals surface area contributed by atoms with E-state index in [2.05, 4.69) is 0 Å². The molecule has 1 aromatic carbocycles. The lowest BCUT2D eigenvalue weighted by Gasteiger charge is -2.24. The fourth-order valence-electron chi connectivity index (χ4n) is 1.48. The summed E-state index contributed by atoms with van der Waals surface area (Å²) in [6, 6.07) is 6.75. The van der Waals surface area contributed by atoms with Crippen LogP contribution in [0.4, 0.5) is 0 Å². The highest BCUT2D eigenvalue weighted by Crippen LogP contribution is 2.23. The Kier molecular flexibility index (Phi) is 4.94. The molecule has 0 radical (unpaired) electrons. The van der Waals surface area contributed by atoms with Gasteiger partial charge in [0.25, 0.3) is 0 Å². The molecule has 1 aromatic rings. The zero-order valence-corrected chi connectivity index (χ0v) is 11.4. The molecule has 0 saturated heterocycles.